The second-order valence-electron chi connectivity index (χ2n) is 4.91. The molecule has 0 saturated heterocycles. The molecule has 0 radical (unpaired) electrons. The number of rotatable bonds is 6. The van der Waals surface area contributed by atoms with Crippen molar-refractivity contribution in [1.82, 2.24) is 10.6 Å². The summed E-state index contributed by atoms with van der Waals surface area (Å²) in [7, 11) is 0. The number of esters is 1. The Hall–Kier alpha value is -1.95. The van der Waals surface area contributed by atoms with E-state index in [1.54, 1.807) is 25.6 Å². The predicted molar refractivity (Wildman–Crippen MR) is 87.4 cm³/mol. The van der Waals surface area contributed by atoms with Crippen molar-refractivity contribution < 1.29 is 14.3 Å². The summed E-state index contributed by atoms with van der Waals surface area (Å²) < 4.78 is 5.08. The fourth-order valence-electron chi connectivity index (χ4n) is 2.24. The monoisotopic (exact) mass is 320 g/mol. The Kier molecular flexibility index (Phi) is 5.89. The first-order valence-electron chi connectivity index (χ1n) is 7.21. The number of ether oxygens (including phenoxy) is 1. The molecule has 0 spiro atoms. The molecule has 1 aliphatic rings. The lowest BCUT2D eigenvalue weighted by Gasteiger charge is -2.26. The summed E-state index contributed by atoms with van der Waals surface area (Å²) in [6, 6.07) is 9.44. The van der Waals surface area contributed by atoms with Crippen molar-refractivity contribution in [2.45, 2.75) is 25.6 Å². The Morgan fingerprint density at radius 1 is 1.27 bits per heavy atom. The Balaban J connectivity index is 2.06. The zero-order valence-corrected chi connectivity index (χ0v) is 13.5. The minimum Gasteiger partial charge on any atom is -0.463 e. The summed E-state index contributed by atoms with van der Waals surface area (Å²) in [6.45, 7) is 3.86. The minimum atomic E-state index is -0.377. The fraction of sp³-hybridized carbons (Fsp3) is 0.375. The topological polar surface area (TPSA) is 67.4 Å². The summed E-state index contributed by atoms with van der Waals surface area (Å²) in [5, 5.41) is 5.42. The molecule has 2 amide bonds. The van der Waals surface area contributed by atoms with Gasteiger partial charge in [-0.15, -0.1) is 0 Å². The number of nitrogens with one attached hydrogen (secondary N) is 2. The number of carbonyl (C=O) groups is 2. The SMILES string of the molecule is CCOC(=O)C1=C(CSCc2ccccc2)NC(=O)NC1C. The van der Waals surface area contributed by atoms with E-state index < -0.39 is 0 Å². The molecule has 1 unspecified atom stereocenters. The van der Waals surface area contributed by atoms with Crippen molar-refractivity contribution in [2.75, 3.05) is 12.4 Å². The van der Waals surface area contributed by atoms with Gasteiger partial charge in [0.15, 0.2) is 0 Å². The van der Waals surface area contributed by atoms with Crippen molar-refractivity contribution in [3.05, 3.63) is 47.2 Å². The smallest absolute Gasteiger partial charge is 0.337 e. The van der Waals surface area contributed by atoms with Crippen LogP contribution >= 0.6 is 11.8 Å². The van der Waals surface area contributed by atoms with Crippen LogP contribution in [0.15, 0.2) is 41.6 Å². The second kappa shape index (κ2) is 7.89. The van der Waals surface area contributed by atoms with E-state index in [0.717, 1.165) is 5.75 Å². The molecule has 1 atom stereocenters. The van der Waals surface area contributed by atoms with Gasteiger partial charge in [0.1, 0.15) is 0 Å². The molecule has 0 bridgehead atoms. The Labute approximate surface area is 134 Å². The first-order chi connectivity index (χ1) is 10.6. The van der Waals surface area contributed by atoms with Crippen molar-refractivity contribution in [3.63, 3.8) is 0 Å². The number of hydrogen-bond acceptors (Lipinski definition) is 4. The van der Waals surface area contributed by atoms with Gasteiger partial charge in [-0.05, 0) is 19.4 Å². The maximum Gasteiger partial charge on any atom is 0.337 e. The van der Waals surface area contributed by atoms with Gasteiger partial charge in [0, 0.05) is 17.2 Å². The molecule has 5 nitrogen and oxygen atoms in total. The summed E-state index contributed by atoms with van der Waals surface area (Å²) in [6.07, 6.45) is 0. The largest absolute Gasteiger partial charge is 0.463 e. The van der Waals surface area contributed by atoms with Crippen LogP contribution in [0.4, 0.5) is 4.79 Å². The van der Waals surface area contributed by atoms with E-state index in [0.29, 0.717) is 23.6 Å². The van der Waals surface area contributed by atoms with Crippen LogP contribution in [0.1, 0.15) is 19.4 Å². The molecule has 2 N–H and O–H groups in total. The molecular weight excluding hydrogens is 300 g/mol. The average Bonchev–Trinajstić information content (AvgIpc) is 2.48. The van der Waals surface area contributed by atoms with Crippen molar-refractivity contribution >= 4 is 23.8 Å². The van der Waals surface area contributed by atoms with Crippen LogP contribution in [-0.2, 0) is 15.3 Å². The quantitative estimate of drug-likeness (QED) is 0.790. The van der Waals surface area contributed by atoms with Crippen LogP contribution in [0, 0.1) is 0 Å². The summed E-state index contributed by atoms with van der Waals surface area (Å²) in [4.78, 5) is 23.7. The van der Waals surface area contributed by atoms with E-state index in [2.05, 4.69) is 22.8 Å². The van der Waals surface area contributed by atoms with Gasteiger partial charge in [-0.25, -0.2) is 9.59 Å². The Bertz CT molecular complexity index is 572. The fourth-order valence-corrected chi connectivity index (χ4v) is 3.20. The zero-order chi connectivity index (χ0) is 15.9. The van der Waals surface area contributed by atoms with Gasteiger partial charge in [-0.1, -0.05) is 30.3 Å². The third-order valence-corrected chi connectivity index (χ3v) is 4.25. The lowest BCUT2D eigenvalue weighted by atomic mass is 10.1. The highest BCUT2D eigenvalue weighted by Crippen LogP contribution is 2.20. The van der Waals surface area contributed by atoms with Gasteiger partial charge in [-0.3, -0.25) is 0 Å². The van der Waals surface area contributed by atoms with E-state index in [1.807, 2.05) is 18.2 Å². The van der Waals surface area contributed by atoms with Crippen LogP contribution < -0.4 is 10.6 Å². The molecule has 1 aromatic carbocycles. The van der Waals surface area contributed by atoms with Gasteiger partial charge in [0.05, 0.1) is 18.2 Å². The van der Waals surface area contributed by atoms with E-state index in [-0.39, 0.29) is 18.0 Å². The van der Waals surface area contributed by atoms with Gasteiger partial charge < -0.3 is 15.4 Å². The highest BCUT2D eigenvalue weighted by molar-refractivity contribution is 7.98. The number of thioether (sulfide) groups is 1. The van der Waals surface area contributed by atoms with Crippen molar-refractivity contribution in [3.8, 4) is 0 Å². The zero-order valence-electron chi connectivity index (χ0n) is 12.7. The normalized spacial score (nSPS) is 17.7. The second-order valence-corrected chi connectivity index (χ2v) is 5.90. The van der Waals surface area contributed by atoms with Crippen LogP contribution in [0.2, 0.25) is 0 Å². The van der Waals surface area contributed by atoms with Crippen LogP contribution in [0.3, 0.4) is 0 Å². The van der Waals surface area contributed by atoms with Crippen LogP contribution in [0.5, 0.6) is 0 Å². The summed E-state index contributed by atoms with van der Waals surface area (Å²) >= 11 is 1.65. The first kappa shape index (κ1) is 16.4. The molecule has 0 fully saturated rings. The molecule has 118 valence electrons. The molecular formula is C16H20N2O3S. The predicted octanol–water partition coefficient (Wildman–Crippen LogP) is 2.44. The molecule has 0 aromatic heterocycles. The van der Waals surface area contributed by atoms with Crippen molar-refractivity contribution in [1.29, 1.82) is 0 Å². The minimum absolute atomic E-state index is 0.282. The van der Waals surface area contributed by atoms with Gasteiger partial charge in [-0.2, -0.15) is 11.8 Å². The molecule has 1 heterocycles. The standard InChI is InChI=1S/C16H20N2O3S/c1-3-21-15(19)14-11(2)17-16(20)18-13(14)10-22-9-12-7-5-4-6-8-12/h4-8,11H,3,9-10H2,1-2H3,(H2,17,18,20). The van der Waals surface area contributed by atoms with Gasteiger partial charge >= 0.3 is 12.0 Å². The van der Waals surface area contributed by atoms with Gasteiger partial charge in [0.2, 0.25) is 0 Å². The maximum atomic E-state index is 12.1. The average molecular weight is 320 g/mol. The molecule has 1 aromatic rings. The van der Waals surface area contributed by atoms with E-state index in [1.165, 1.54) is 5.56 Å². The molecule has 2 rings (SSSR count). The third-order valence-electron chi connectivity index (χ3n) is 3.22. The molecule has 0 saturated carbocycles. The van der Waals surface area contributed by atoms with E-state index in [4.69, 9.17) is 4.74 Å². The molecule has 0 aliphatic carbocycles. The first-order valence-corrected chi connectivity index (χ1v) is 8.36. The number of urea groups is 1. The van der Waals surface area contributed by atoms with E-state index in [9.17, 15) is 9.59 Å². The van der Waals surface area contributed by atoms with Crippen LogP contribution in [0.25, 0.3) is 0 Å². The lowest BCUT2D eigenvalue weighted by Crippen LogP contribution is -2.49. The van der Waals surface area contributed by atoms with Gasteiger partial charge in [0.25, 0.3) is 0 Å². The highest BCUT2D eigenvalue weighted by Gasteiger charge is 2.29. The lowest BCUT2D eigenvalue weighted by molar-refractivity contribution is -0.138. The van der Waals surface area contributed by atoms with E-state index >= 15 is 0 Å². The molecule has 6 heteroatoms. The van der Waals surface area contributed by atoms with Crippen LogP contribution in [-0.4, -0.2) is 30.4 Å². The highest BCUT2D eigenvalue weighted by atomic mass is 32.2. The number of carbonyl (C=O) groups excluding carboxylic acids is 2. The molecule has 22 heavy (non-hydrogen) atoms. The number of amides is 2. The third kappa shape index (κ3) is 4.27. The number of benzene rings is 1. The summed E-state index contributed by atoms with van der Waals surface area (Å²) in [5.41, 5.74) is 2.34. The Morgan fingerprint density at radius 2 is 2.00 bits per heavy atom. The molecule has 1 aliphatic heterocycles. The number of hydrogen-bond donors (Lipinski definition) is 2. The maximum absolute atomic E-state index is 12.1. The summed E-state index contributed by atoms with van der Waals surface area (Å²) in [5.74, 6) is 0.997. The van der Waals surface area contributed by atoms with Crippen molar-refractivity contribution in [2.24, 2.45) is 0 Å². The Morgan fingerprint density at radius 3 is 2.68 bits per heavy atom.